The van der Waals surface area contributed by atoms with Crippen molar-refractivity contribution in [2.24, 2.45) is 5.92 Å². The summed E-state index contributed by atoms with van der Waals surface area (Å²) in [6.07, 6.45) is 0.962. The number of ether oxygens (including phenoxy) is 1. The van der Waals surface area contributed by atoms with Gasteiger partial charge in [-0.25, -0.2) is 0 Å². The van der Waals surface area contributed by atoms with E-state index < -0.39 is 0 Å². The number of rotatable bonds is 3. The van der Waals surface area contributed by atoms with Crippen LogP contribution >= 0.6 is 0 Å². The lowest BCUT2D eigenvalue weighted by Crippen LogP contribution is -2.39. The number of aliphatic hydroxyl groups excluding tert-OH is 1. The van der Waals surface area contributed by atoms with E-state index in [-0.39, 0.29) is 30.6 Å². The van der Waals surface area contributed by atoms with Crippen LogP contribution in [0.2, 0.25) is 0 Å². The highest BCUT2D eigenvalue weighted by Crippen LogP contribution is 2.18. The Morgan fingerprint density at radius 2 is 2.46 bits per heavy atom. The molecule has 2 N–H and O–H groups in total. The fourth-order valence-corrected chi connectivity index (χ4v) is 1.41. The second kappa shape index (κ2) is 4.58. The molecule has 0 aromatic rings. The second-order valence-corrected chi connectivity index (χ2v) is 3.67. The zero-order valence-corrected chi connectivity index (χ0v) is 8.12. The molecule has 0 aliphatic carbocycles. The van der Waals surface area contributed by atoms with Gasteiger partial charge in [-0.05, 0) is 20.3 Å². The normalized spacial score (nSPS) is 30.1. The van der Waals surface area contributed by atoms with E-state index in [1.807, 2.05) is 6.92 Å². The molecule has 1 saturated heterocycles. The summed E-state index contributed by atoms with van der Waals surface area (Å²) in [5, 5.41) is 11.5. The van der Waals surface area contributed by atoms with Gasteiger partial charge in [0, 0.05) is 6.04 Å². The summed E-state index contributed by atoms with van der Waals surface area (Å²) >= 11 is 0. The molecular weight excluding hydrogens is 170 g/mol. The van der Waals surface area contributed by atoms with E-state index in [0.717, 1.165) is 6.42 Å². The van der Waals surface area contributed by atoms with Crippen LogP contribution in [0.1, 0.15) is 20.3 Å². The minimum atomic E-state index is -0.164. The Bertz CT molecular complexity index is 184. The van der Waals surface area contributed by atoms with Gasteiger partial charge in [-0.15, -0.1) is 0 Å². The maximum atomic E-state index is 11.5. The molecule has 1 heterocycles. The highest BCUT2D eigenvalue weighted by Gasteiger charge is 2.28. The average Bonchev–Trinajstić information content (AvgIpc) is 2.51. The van der Waals surface area contributed by atoms with Crippen LogP contribution in [0.4, 0.5) is 0 Å². The molecule has 0 radical (unpaired) electrons. The third-order valence-corrected chi connectivity index (χ3v) is 2.23. The molecule has 0 aromatic carbocycles. The van der Waals surface area contributed by atoms with Gasteiger partial charge in [0.25, 0.3) is 0 Å². The van der Waals surface area contributed by atoms with Gasteiger partial charge in [0.2, 0.25) is 5.91 Å². The Labute approximate surface area is 78.3 Å². The molecule has 4 nitrogen and oxygen atoms in total. The standard InChI is InChI=1S/C9H17NO3/c1-6(4-11)10-9(12)8-3-7(2)13-5-8/h6-8,11H,3-5H2,1-2H3,(H,10,12)/t6-,7?,8?/m0/s1. The molecule has 2 unspecified atom stereocenters. The number of amides is 1. The molecule has 1 rings (SSSR count). The zero-order chi connectivity index (χ0) is 9.84. The Balaban J connectivity index is 2.31. The molecule has 0 bridgehead atoms. The number of carbonyl (C=O) groups is 1. The van der Waals surface area contributed by atoms with Crippen molar-refractivity contribution in [1.82, 2.24) is 5.32 Å². The lowest BCUT2D eigenvalue weighted by Gasteiger charge is -2.13. The fourth-order valence-electron chi connectivity index (χ4n) is 1.41. The van der Waals surface area contributed by atoms with Crippen LogP contribution in [0.3, 0.4) is 0 Å². The summed E-state index contributed by atoms with van der Waals surface area (Å²) in [4.78, 5) is 11.5. The first-order valence-corrected chi connectivity index (χ1v) is 4.66. The Kier molecular flexibility index (Phi) is 3.69. The molecule has 1 aliphatic rings. The van der Waals surface area contributed by atoms with Crippen molar-refractivity contribution in [1.29, 1.82) is 0 Å². The van der Waals surface area contributed by atoms with Gasteiger partial charge in [-0.3, -0.25) is 4.79 Å². The summed E-state index contributed by atoms with van der Waals surface area (Å²) < 4.78 is 5.28. The molecule has 0 saturated carbocycles. The van der Waals surface area contributed by atoms with Gasteiger partial charge in [0.15, 0.2) is 0 Å². The molecule has 3 atom stereocenters. The van der Waals surface area contributed by atoms with E-state index in [9.17, 15) is 4.79 Å². The molecule has 1 aliphatic heterocycles. The Morgan fingerprint density at radius 1 is 1.77 bits per heavy atom. The number of carbonyl (C=O) groups excluding carboxylic acids is 1. The van der Waals surface area contributed by atoms with Crippen molar-refractivity contribution in [3.05, 3.63) is 0 Å². The van der Waals surface area contributed by atoms with Crippen LogP contribution in [0, 0.1) is 5.92 Å². The van der Waals surface area contributed by atoms with Gasteiger partial charge in [0.1, 0.15) is 0 Å². The van der Waals surface area contributed by atoms with Gasteiger partial charge in [0.05, 0.1) is 25.2 Å². The van der Waals surface area contributed by atoms with E-state index in [2.05, 4.69) is 5.32 Å². The summed E-state index contributed by atoms with van der Waals surface area (Å²) in [5.74, 6) is -0.0464. The van der Waals surface area contributed by atoms with E-state index in [4.69, 9.17) is 9.84 Å². The van der Waals surface area contributed by atoms with Crippen molar-refractivity contribution in [3.63, 3.8) is 0 Å². The van der Waals surface area contributed by atoms with Gasteiger partial charge in [-0.2, -0.15) is 0 Å². The lowest BCUT2D eigenvalue weighted by atomic mass is 10.1. The predicted molar refractivity (Wildman–Crippen MR) is 48.2 cm³/mol. The summed E-state index contributed by atoms with van der Waals surface area (Å²) in [6.45, 7) is 4.22. The van der Waals surface area contributed by atoms with Crippen LogP contribution in [0.15, 0.2) is 0 Å². The Hall–Kier alpha value is -0.610. The van der Waals surface area contributed by atoms with Crippen molar-refractivity contribution >= 4 is 5.91 Å². The molecule has 4 heteroatoms. The van der Waals surface area contributed by atoms with E-state index >= 15 is 0 Å². The largest absolute Gasteiger partial charge is 0.394 e. The topological polar surface area (TPSA) is 58.6 Å². The van der Waals surface area contributed by atoms with Crippen molar-refractivity contribution in [3.8, 4) is 0 Å². The highest BCUT2D eigenvalue weighted by atomic mass is 16.5. The highest BCUT2D eigenvalue weighted by molar-refractivity contribution is 5.79. The lowest BCUT2D eigenvalue weighted by molar-refractivity contribution is -0.125. The van der Waals surface area contributed by atoms with Crippen molar-refractivity contribution in [2.75, 3.05) is 13.2 Å². The third-order valence-electron chi connectivity index (χ3n) is 2.23. The maximum absolute atomic E-state index is 11.5. The number of hydrogen-bond acceptors (Lipinski definition) is 3. The molecule has 76 valence electrons. The van der Waals surface area contributed by atoms with E-state index in [0.29, 0.717) is 6.61 Å². The zero-order valence-electron chi connectivity index (χ0n) is 8.12. The molecule has 0 aromatic heterocycles. The van der Waals surface area contributed by atoms with Gasteiger partial charge >= 0.3 is 0 Å². The second-order valence-electron chi connectivity index (χ2n) is 3.67. The van der Waals surface area contributed by atoms with Crippen LogP contribution < -0.4 is 5.32 Å². The first-order chi connectivity index (χ1) is 6.13. The van der Waals surface area contributed by atoms with Crippen LogP contribution in [-0.4, -0.2) is 36.4 Å². The first-order valence-electron chi connectivity index (χ1n) is 4.66. The third kappa shape index (κ3) is 2.97. The smallest absolute Gasteiger partial charge is 0.225 e. The molecule has 1 amide bonds. The summed E-state index contributed by atoms with van der Waals surface area (Å²) in [6, 6.07) is -0.164. The number of aliphatic hydroxyl groups is 1. The van der Waals surface area contributed by atoms with E-state index in [1.54, 1.807) is 6.92 Å². The van der Waals surface area contributed by atoms with Crippen LogP contribution in [0.5, 0.6) is 0 Å². The number of hydrogen-bond donors (Lipinski definition) is 2. The van der Waals surface area contributed by atoms with Gasteiger partial charge < -0.3 is 15.2 Å². The SMILES string of the molecule is CC1CC(C(=O)N[C@@H](C)CO)CO1. The summed E-state index contributed by atoms with van der Waals surface area (Å²) in [7, 11) is 0. The minimum Gasteiger partial charge on any atom is -0.394 e. The molecule has 0 spiro atoms. The monoisotopic (exact) mass is 187 g/mol. The quantitative estimate of drug-likeness (QED) is 0.649. The summed E-state index contributed by atoms with van der Waals surface area (Å²) in [5.41, 5.74) is 0. The first kappa shape index (κ1) is 10.5. The molecule has 13 heavy (non-hydrogen) atoms. The number of nitrogens with one attached hydrogen (secondary N) is 1. The van der Waals surface area contributed by atoms with Crippen molar-refractivity contribution < 1.29 is 14.6 Å². The average molecular weight is 187 g/mol. The molecule has 1 fully saturated rings. The maximum Gasteiger partial charge on any atom is 0.225 e. The van der Waals surface area contributed by atoms with Gasteiger partial charge in [-0.1, -0.05) is 0 Å². The Morgan fingerprint density at radius 3 is 2.92 bits per heavy atom. The van der Waals surface area contributed by atoms with E-state index in [1.165, 1.54) is 0 Å². The fraction of sp³-hybridized carbons (Fsp3) is 0.889. The molecular formula is C9H17NO3. The van der Waals surface area contributed by atoms with Crippen LogP contribution in [0.25, 0.3) is 0 Å². The minimum absolute atomic E-state index is 0.00843. The predicted octanol–water partition coefficient (Wildman–Crippen LogP) is -0.0916. The van der Waals surface area contributed by atoms with Crippen molar-refractivity contribution in [2.45, 2.75) is 32.4 Å². The van der Waals surface area contributed by atoms with Crippen LogP contribution in [-0.2, 0) is 9.53 Å².